The van der Waals surface area contributed by atoms with Gasteiger partial charge in [0.15, 0.2) is 0 Å². The van der Waals surface area contributed by atoms with Crippen molar-refractivity contribution in [3.8, 4) is 5.75 Å². The summed E-state index contributed by atoms with van der Waals surface area (Å²) in [7, 11) is 4.46. The largest absolute Gasteiger partial charge is 0.497 e. The molecule has 0 radical (unpaired) electrons. The lowest BCUT2D eigenvalue weighted by molar-refractivity contribution is -0.134. The van der Waals surface area contributed by atoms with Gasteiger partial charge < -0.3 is 24.1 Å². The van der Waals surface area contributed by atoms with E-state index >= 15 is 0 Å². The summed E-state index contributed by atoms with van der Waals surface area (Å²) in [6.07, 6.45) is 3.01. The minimum atomic E-state index is -0.737. The Kier molecular flexibility index (Phi) is 7.80. The first-order valence-corrected chi connectivity index (χ1v) is 9.30. The minimum absolute atomic E-state index is 0.151. The molecule has 0 fully saturated rings. The van der Waals surface area contributed by atoms with Gasteiger partial charge in [-0.1, -0.05) is 12.1 Å². The summed E-state index contributed by atoms with van der Waals surface area (Å²) < 4.78 is 15.3. The fraction of sp³-hybridized carbons (Fsp3) is 0.318. The average molecular weight is 414 g/mol. The number of methoxy groups -OCH3 is 2. The molecule has 1 heterocycles. The van der Waals surface area contributed by atoms with Gasteiger partial charge in [0.05, 0.1) is 20.8 Å². The Morgan fingerprint density at radius 2 is 1.87 bits per heavy atom. The van der Waals surface area contributed by atoms with E-state index in [2.05, 4.69) is 5.32 Å². The second-order valence-electron chi connectivity index (χ2n) is 6.71. The second-order valence-corrected chi connectivity index (χ2v) is 6.71. The van der Waals surface area contributed by atoms with E-state index in [9.17, 15) is 14.4 Å². The number of rotatable bonds is 8. The molecule has 0 aliphatic heterocycles. The van der Waals surface area contributed by atoms with Gasteiger partial charge in [0.1, 0.15) is 28.9 Å². The molecule has 160 valence electrons. The fourth-order valence-corrected chi connectivity index (χ4v) is 2.79. The standard InChI is InChI=1S/C22H26N2O6/c1-14(23-20(25)11-8-16-6-9-17(28-4)10-7-16)21(26)24(3)13-18-12-19(15(2)30-18)22(27)29-5/h6-12,14H,13H2,1-5H3,(H,23,25)/b11-8+/t14-/m0/s1. The molecule has 8 heteroatoms. The molecule has 0 bridgehead atoms. The maximum absolute atomic E-state index is 12.5. The number of aryl methyl sites for hydroxylation is 1. The summed E-state index contributed by atoms with van der Waals surface area (Å²) >= 11 is 0. The molecule has 0 aliphatic carbocycles. The van der Waals surface area contributed by atoms with Gasteiger partial charge in [-0.05, 0) is 43.7 Å². The Bertz CT molecular complexity index is 930. The Labute approximate surface area is 175 Å². The van der Waals surface area contributed by atoms with E-state index in [0.29, 0.717) is 17.1 Å². The van der Waals surface area contributed by atoms with Crippen molar-refractivity contribution in [3.05, 3.63) is 59.1 Å². The minimum Gasteiger partial charge on any atom is -0.497 e. The predicted molar refractivity (Wildman–Crippen MR) is 111 cm³/mol. The molecule has 0 saturated carbocycles. The van der Waals surface area contributed by atoms with Crippen molar-refractivity contribution in [3.63, 3.8) is 0 Å². The lowest BCUT2D eigenvalue weighted by Gasteiger charge is -2.20. The number of hydrogen-bond acceptors (Lipinski definition) is 6. The summed E-state index contributed by atoms with van der Waals surface area (Å²) in [5.41, 5.74) is 1.15. The molecule has 1 aromatic heterocycles. The predicted octanol–water partition coefficient (Wildman–Crippen LogP) is 2.56. The molecule has 30 heavy (non-hydrogen) atoms. The summed E-state index contributed by atoms with van der Waals surface area (Å²) in [6.45, 7) is 3.40. The average Bonchev–Trinajstić information content (AvgIpc) is 3.11. The van der Waals surface area contributed by atoms with Crippen LogP contribution >= 0.6 is 0 Å². The molecule has 0 spiro atoms. The molecule has 1 atom stereocenters. The molecule has 0 saturated heterocycles. The first-order valence-electron chi connectivity index (χ1n) is 9.30. The molecule has 0 unspecified atom stereocenters. The van der Waals surface area contributed by atoms with Gasteiger partial charge in [-0.2, -0.15) is 0 Å². The molecule has 2 amide bonds. The van der Waals surface area contributed by atoms with E-state index in [1.807, 2.05) is 12.1 Å². The summed E-state index contributed by atoms with van der Waals surface area (Å²) in [5, 5.41) is 2.64. The fourth-order valence-electron chi connectivity index (χ4n) is 2.79. The van der Waals surface area contributed by atoms with Crippen molar-refractivity contribution in [2.75, 3.05) is 21.3 Å². The third kappa shape index (κ3) is 5.97. The summed E-state index contributed by atoms with van der Waals surface area (Å²) in [6, 6.07) is 8.03. The number of furan rings is 1. The van der Waals surface area contributed by atoms with Crippen LogP contribution in [0.25, 0.3) is 6.08 Å². The van der Waals surface area contributed by atoms with Crippen molar-refractivity contribution >= 4 is 23.9 Å². The number of benzene rings is 1. The van der Waals surface area contributed by atoms with E-state index in [1.54, 1.807) is 52.3 Å². The number of ether oxygens (including phenoxy) is 2. The number of nitrogens with one attached hydrogen (secondary N) is 1. The number of likely N-dealkylation sites (N-methyl/N-ethyl adjacent to an activating group) is 1. The molecule has 2 aromatic rings. The first kappa shape index (κ1) is 22.7. The van der Waals surface area contributed by atoms with Gasteiger partial charge in [-0.25, -0.2) is 4.79 Å². The first-order chi connectivity index (χ1) is 14.2. The smallest absolute Gasteiger partial charge is 0.341 e. The van der Waals surface area contributed by atoms with Crippen LogP contribution in [0, 0.1) is 6.92 Å². The molecule has 8 nitrogen and oxygen atoms in total. The lowest BCUT2D eigenvalue weighted by Crippen LogP contribution is -2.44. The quantitative estimate of drug-likeness (QED) is 0.527. The third-order valence-corrected chi connectivity index (χ3v) is 4.42. The van der Waals surface area contributed by atoms with Crippen LogP contribution < -0.4 is 10.1 Å². The highest BCUT2D eigenvalue weighted by molar-refractivity contribution is 5.95. The van der Waals surface area contributed by atoms with Crippen molar-refractivity contribution in [2.24, 2.45) is 0 Å². The van der Waals surface area contributed by atoms with Gasteiger partial charge in [0.25, 0.3) is 0 Å². The Balaban J connectivity index is 1.91. The van der Waals surface area contributed by atoms with E-state index in [4.69, 9.17) is 13.9 Å². The van der Waals surface area contributed by atoms with Crippen LogP contribution in [-0.2, 0) is 20.9 Å². The van der Waals surface area contributed by atoms with Crippen molar-refractivity contribution in [1.82, 2.24) is 10.2 Å². The zero-order valence-electron chi connectivity index (χ0n) is 17.7. The Hall–Kier alpha value is -3.55. The normalized spacial score (nSPS) is 11.8. The molecular formula is C22H26N2O6. The number of carbonyl (C=O) groups is 3. The monoisotopic (exact) mass is 414 g/mol. The highest BCUT2D eigenvalue weighted by Crippen LogP contribution is 2.17. The topological polar surface area (TPSA) is 98.1 Å². The van der Waals surface area contributed by atoms with Crippen molar-refractivity contribution in [2.45, 2.75) is 26.4 Å². The van der Waals surface area contributed by atoms with Gasteiger partial charge in [-0.15, -0.1) is 0 Å². The van der Waals surface area contributed by atoms with Crippen LogP contribution in [0.15, 0.2) is 40.8 Å². The summed E-state index contributed by atoms with van der Waals surface area (Å²) in [5.74, 6) is 0.409. The maximum atomic E-state index is 12.5. The number of amides is 2. The number of nitrogens with zero attached hydrogens (tertiary/aromatic N) is 1. The van der Waals surface area contributed by atoms with E-state index in [1.165, 1.54) is 18.1 Å². The maximum Gasteiger partial charge on any atom is 0.341 e. The van der Waals surface area contributed by atoms with Crippen LogP contribution in [0.1, 0.15) is 34.4 Å². The van der Waals surface area contributed by atoms with E-state index in [-0.39, 0.29) is 18.4 Å². The summed E-state index contributed by atoms with van der Waals surface area (Å²) in [4.78, 5) is 37.8. The zero-order chi connectivity index (χ0) is 22.3. The Morgan fingerprint density at radius 3 is 2.47 bits per heavy atom. The molecule has 1 aromatic carbocycles. The van der Waals surface area contributed by atoms with Crippen LogP contribution in [0.2, 0.25) is 0 Å². The van der Waals surface area contributed by atoms with Crippen LogP contribution in [0.3, 0.4) is 0 Å². The van der Waals surface area contributed by atoms with Gasteiger partial charge in [0.2, 0.25) is 11.8 Å². The molecule has 2 rings (SSSR count). The zero-order valence-corrected chi connectivity index (χ0v) is 17.7. The number of esters is 1. The highest BCUT2D eigenvalue weighted by Gasteiger charge is 2.21. The van der Waals surface area contributed by atoms with Crippen LogP contribution in [0.5, 0.6) is 5.75 Å². The molecule has 1 N–H and O–H groups in total. The van der Waals surface area contributed by atoms with Gasteiger partial charge >= 0.3 is 5.97 Å². The molecular weight excluding hydrogens is 388 g/mol. The van der Waals surface area contributed by atoms with E-state index in [0.717, 1.165) is 11.3 Å². The van der Waals surface area contributed by atoms with Crippen molar-refractivity contribution < 1.29 is 28.3 Å². The van der Waals surface area contributed by atoms with Gasteiger partial charge in [0, 0.05) is 13.1 Å². The van der Waals surface area contributed by atoms with Crippen LogP contribution in [0.4, 0.5) is 0 Å². The highest BCUT2D eigenvalue weighted by atomic mass is 16.5. The van der Waals surface area contributed by atoms with Gasteiger partial charge in [-0.3, -0.25) is 9.59 Å². The second kappa shape index (κ2) is 10.3. The number of hydrogen-bond donors (Lipinski definition) is 1. The third-order valence-electron chi connectivity index (χ3n) is 4.42. The Morgan fingerprint density at radius 1 is 1.20 bits per heavy atom. The van der Waals surface area contributed by atoms with Crippen molar-refractivity contribution in [1.29, 1.82) is 0 Å². The van der Waals surface area contributed by atoms with Crippen LogP contribution in [-0.4, -0.2) is 50.0 Å². The SMILES string of the molecule is COC(=O)c1cc(CN(C)C(=O)[C@H](C)NC(=O)/C=C/c2ccc(OC)cc2)oc1C. The number of carbonyl (C=O) groups excluding carboxylic acids is 3. The lowest BCUT2D eigenvalue weighted by atomic mass is 10.2. The van der Waals surface area contributed by atoms with E-state index < -0.39 is 12.0 Å². The molecule has 0 aliphatic rings.